The Labute approximate surface area is 110 Å². The van der Waals surface area contributed by atoms with Gasteiger partial charge < -0.3 is 14.8 Å². The first-order chi connectivity index (χ1) is 9.11. The Morgan fingerprint density at radius 3 is 3.05 bits per heavy atom. The van der Waals surface area contributed by atoms with Crippen molar-refractivity contribution in [2.75, 3.05) is 25.3 Å². The zero-order valence-electron chi connectivity index (χ0n) is 10.6. The quantitative estimate of drug-likeness (QED) is 0.488. The van der Waals surface area contributed by atoms with Crippen LogP contribution in [0.15, 0.2) is 18.2 Å². The predicted molar refractivity (Wildman–Crippen MR) is 67.4 cm³/mol. The number of urea groups is 1. The first-order valence-corrected chi connectivity index (χ1v) is 5.92. The highest BCUT2D eigenvalue weighted by Crippen LogP contribution is 2.29. The average molecular weight is 269 g/mol. The van der Waals surface area contributed by atoms with Crippen LogP contribution in [0.2, 0.25) is 0 Å². The number of halogens is 1. The molecule has 0 radical (unpaired) electrons. The fourth-order valence-electron chi connectivity index (χ4n) is 1.80. The van der Waals surface area contributed by atoms with Gasteiger partial charge in [0.25, 0.3) is 0 Å². The number of nitrogens with zero attached hydrogens (tertiary/aromatic N) is 1. The van der Waals surface area contributed by atoms with Crippen LogP contribution in [0, 0.1) is 5.82 Å². The van der Waals surface area contributed by atoms with Crippen LogP contribution >= 0.6 is 0 Å². The zero-order valence-corrected chi connectivity index (χ0v) is 10.6. The number of benzene rings is 1. The third-order valence-electron chi connectivity index (χ3n) is 2.80. The minimum absolute atomic E-state index is 0.154. The molecule has 2 amide bonds. The lowest BCUT2D eigenvalue weighted by molar-refractivity contribution is 0.141. The van der Waals surface area contributed by atoms with Gasteiger partial charge in [-0.05, 0) is 12.1 Å². The lowest BCUT2D eigenvalue weighted by atomic mass is 10.2. The first kappa shape index (κ1) is 13.6. The van der Waals surface area contributed by atoms with Gasteiger partial charge in [-0.25, -0.2) is 20.0 Å². The van der Waals surface area contributed by atoms with E-state index in [9.17, 15) is 9.18 Å². The van der Waals surface area contributed by atoms with Gasteiger partial charge in [0.2, 0.25) is 0 Å². The van der Waals surface area contributed by atoms with E-state index in [1.54, 1.807) is 0 Å². The SMILES string of the molecule is CNC(=O)N(N)c1ccc(F)cc1O[C@@H]1CCOC1. The lowest BCUT2D eigenvalue weighted by Gasteiger charge is -2.21. The van der Waals surface area contributed by atoms with E-state index in [1.807, 2.05) is 0 Å². The molecule has 1 heterocycles. The van der Waals surface area contributed by atoms with E-state index in [0.717, 1.165) is 11.4 Å². The largest absolute Gasteiger partial charge is 0.486 e. The molecule has 6 nitrogen and oxygen atoms in total. The highest BCUT2D eigenvalue weighted by atomic mass is 19.1. The normalized spacial score (nSPS) is 18.2. The monoisotopic (exact) mass is 269 g/mol. The molecule has 1 atom stereocenters. The van der Waals surface area contributed by atoms with Crippen molar-refractivity contribution in [2.45, 2.75) is 12.5 Å². The zero-order chi connectivity index (χ0) is 13.8. The average Bonchev–Trinajstić information content (AvgIpc) is 2.90. The first-order valence-electron chi connectivity index (χ1n) is 5.92. The van der Waals surface area contributed by atoms with Gasteiger partial charge in [0.15, 0.2) is 0 Å². The van der Waals surface area contributed by atoms with Gasteiger partial charge >= 0.3 is 6.03 Å². The Bertz CT molecular complexity index is 464. The number of anilines is 1. The number of nitrogens with two attached hydrogens (primary N) is 1. The molecule has 1 aromatic carbocycles. The summed E-state index contributed by atoms with van der Waals surface area (Å²) in [7, 11) is 1.46. The van der Waals surface area contributed by atoms with Crippen molar-refractivity contribution in [3.05, 3.63) is 24.0 Å². The van der Waals surface area contributed by atoms with Crippen molar-refractivity contribution in [1.82, 2.24) is 5.32 Å². The summed E-state index contributed by atoms with van der Waals surface area (Å²) >= 11 is 0. The van der Waals surface area contributed by atoms with E-state index in [2.05, 4.69) is 5.32 Å². The van der Waals surface area contributed by atoms with Gasteiger partial charge in [-0.2, -0.15) is 0 Å². The van der Waals surface area contributed by atoms with E-state index in [-0.39, 0.29) is 11.9 Å². The summed E-state index contributed by atoms with van der Waals surface area (Å²) in [5.74, 6) is 5.43. The van der Waals surface area contributed by atoms with Crippen molar-refractivity contribution in [3.8, 4) is 5.75 Å². The van der Waals surface area contributed by atoms with Gasteiger partial charge in [0.05, 0.1) is 13.2 Å². The maximum absolute atomic E-state index is 13.3. The molecule has 7 heteroatoms. The summed E-state index contributed by atoms with van der Waals surface area (Å²) < 4.78 is 24.1. The molecular weight excluding hydrogens is 253 g/mol. The van der Waals surface area contributed by atoms with Crippen molar-refractivity contribution >= 4 is 11.7 Å². The Morgan fingerprint density at radius 2 is 2.42 bits per heavy atom. The van der Waals surface area contributed by atoms with Crippen LogP contribution in [-0.4, -0.2) is 32.4 Å². The number of rotatable bonds is 3. The number of hydrogen-bond donors (Lipinski definition) is 2. The Hall–Kier alpha value is -1.86. The predicted octanol–water partition coefficient (Wildman–Crippen LogP) is 1.01. The van der Waals surface area contributed by atoms with Gasteiger partial charge in [-0.15, -0.1) is 0 Å². The molecule has 0 aromatic heterocycles. The standard InChI is InChI=1S/C12H16FN3O3/c1-15-12(17)16(14)10-3-2-8(13)6-11(10)19-9-4-5-18-7-9/h2-3,6,9H,4-5,7,14H2,1H3,(H,15,17)/t9-/m1/s1. The van der Waals surface area contributed by atoms with Gasteiger partial charge in [-0.1, -0.05) is 0 Å². The molecule has 19 heavy (non-hydrogen) atoms. The molecule has 0 aliphatic carbocycles. The van der Waals surface area contributed by atoms with Crippen molar-refractivity contribution < 1.29 is 18.7 Å². The highest BCUT2D eigenvalue weighted by molar-refractivity contribution is 5.92. The maximum Gasteiger partial charge on any atom is 0.336 e. The lowest BCUT2D eigenvalue weighted by Crippen LogP contribution is -2.43. The highest BCUT2D eigenvalue weighted by Gasteiger charge is 2.22. The fourth-order valence-corrected chi connectivity index (χ4v) is 1.80. The number of hydrazine groups is 1. The second-order valence-electron chi connectivity index (χ2n) is 4.14. The Kier molecular flexibility index (Phi) is 4.18. The van der Waals surface area contributed by atoms with Crippen LogP contribution in [0.25, 0.3) is 0 Å². The van der Waals surface area contributed by atoms with Crippen LogP contribution in [0.5, 0.6) is 5.75 Å². The molecule has 1 aliphatic heterocycles. The van der Waals surface area contributed by atoms with E-state index in [1.165, 1.54) is 25.2 Å². The van der Waals surface area contributed by atoms with E-state index >= 15 is 0 Å². The van der Waals surface area contributed by atoms with E-state index in [4.69, 9.17) is 15.3 Å². The van der Waals surface area contributed by atoms with Crippen molar-refractivity contribution in [1.29, 1.82) is 0 Å². The Morgan fingerprint density at radius 1 is 1.63 bits per heavy atom. The molecule has 0 bridgehead atoms. The second-order valence-corrected chi connectivity index (χ2v) is 4.14. The summed E-state index contributed by atoms with van der Waals surface area (Å²) in [6.45, 7) is 1.05. The van der Waals surface area contributed by atoms with E-state index < -0.39 is 11.8 Å². The molecule has 2 rings (SSSR count). The summed E-state index contributed by atoms with van der Waals surface area (Å²) in [5, 5.41) is 3.27. The minimum Gasteiger partial charge on any atom is -0.486 e. The summed E-state index contributed by atoms with van der Waals surface area (Å²) in [5.41, 5.74) is 0.299. The summed E-state index contributed by atoms with van der Waals surface area (Å²) in [6, 6.07) is 3.31. The number of ether oxygens (including phenoxy) is 2. The molecule has 1 aliphatic rings. The summed E-state index contributed by atoms with van der Waals surface area (Å²) in [6.07, 6.45) is 0.569. The number of amides is 2. The van der Waals surface area contributed by atoms with Crippen LogP contribution in [-0.2, 0) is 4.74 Å². The molecule has 104 valence electrons. The smallest absolute Gasteiger partial charge is 0.336 e. The van der Waals surface area contributed by atoms with Crippen molar-refractivity contribution in [3.63, 3.8) is 0 Å². The second kappa shape index (κ2) is 5.85. The topological polar surface area (TPSA) is 76.8 Å². The minimum atomic E-state index is -0.515. The van der Waals surface area contributed by atoms with Crippen LogP contribution in [0.3, 0.4) is 0 Å². The maximum atomic E-state index is 13.3. The third-order valence-corrected chi connectivity index (χ3v) is 2.80. The van der Waals surface area contributed by atoms with Crippen molar-refractivity contribution in [2.24, 2.45) is 5.84 Å². The third kappa shape index (κ3) is 3.12. The van der Waals surface area contributed by atoms with Crippen LogP contribution in [0.4, 0.5) is 14.9 Å². The van der Waals surface area contributed by atoms with Crippen LogP contribution in [0.1, 0.15) is 6.42 Å². The van der Waals surface area contributed by atoms with Gasteiger partial charge in [0.1, 0.15) is 23.4 Å². The number of carbonyl (C=O) groups is 1. The molecule has 1 aromatic rings. The number of nitrogens with one attached hydrogen (secondary N) is 1. The molecule has 0 saturated carbocycles. The Balaban J connectivity index is 2.23. The fraction of sp³-hybridized carbons (Fsp3) is 0.417. The molecule has 0 unspecified atom stereocenters. The van der Waals surface area contributed by atoms with Gasteiger partial charge in [-0.3, -0.25) is 0 Å². The molecule has 3 N–H and O–H groups in total. The molecule has 0 spiro atoms. The summed E-state index contributed by atoms with van der Waals surface area (Å²) in [4.78, 5) is 11.5. The number of hydrogen-bond acceptors (Lipinski definition) is 4. The van der Waals surface area contributed by atoms with Gasteiger partial charge in [0, 0.05) is 19.5 Å². The number of carbonyl (C=O) groups excluding carboxylic acids is 1. The molecule has 1 saturated heterocycles. The molecule has 1 fully saturated rings. The van der Waals surface area contributed by atoms with E-state index in [0.29, 0.717) is 18.9 Å². The molecular formula is C12H16FN3O3. The van der Waals surface area contributed by atoms with Crippen LogP contribution < -0.4 is 20.9 Å².